The summed E-state index contributed by atoms with van der Waals surface area (Å²) in [6, 6.07) is 12.4. The first-order chi connectivity index (χ1) is 13.4. The summed E-state index contributed by atoms with van der Waals surface area (Å²) < 4.78 is 0. The van der Waals surface area contributed by atoms with Crippen molar-refractivity contribution in [1.29, 1.82) is 0 Å². The average molecular weight is 383 g/mol. The average Bonchev–Trinajstić information content (AvgIpc) is 2.66. The van der Waals surface area contributed by atoms with Gasteiger partial charge in [-0.2, -0.15) is 0 Å². The van der Waals surface area contributed by atoms with Crippen molar-refractivity contribution in [2.75, 3.05) is 42.9 Å². The summed E-state index contributed by atoms with van der Waals surface area (Å²) in [7, 11) is 0. The predicted octanol–water partition coefficient (Wildman–Crippen LogP) is 1.06. The van der Waals surface area contributed by atoms with Crippen molar-refractivity contribution in [1.82, 2.24) is 5.32 Å². The van der Waals surface area contributed by atoms with Gasteiger partial charge in [-0.3, -0.25) is 10.1 Å². The number of amides is 3. The van der Waals surface area contributed by atoms with Crippen LogP contribution < -0.4 is 20.4 Å². The summed E-state index contributed by atoms with van der Waals surface area (Å²) in [5.41, 5.74) is 3.71. The number of para-hydroxylation sites is 2. The van der Waals surface area contributed by atoms with Gasteiger partial charge in [0.05, 0.1) is 31.9 Å². The molecule has 1 aliphatic rings. The molecule has 0 bridgehead atoms. The molecule has 0 saturated carbocycles. The van der Waals surface area contributed by atoms with Crippen LogP contribution in [0.4, 0.5) is 16.2 Å². The highest BCUT2D eigenvalue weighted by Crippen LogP contribution is 2.25. The lowest BCUT2D eigenvalue weighted by molar-refractivity contribution is -0.892. The molecule has 1 saturated heterocycles. The monoisotopic (exact) mass is 383 g/mol. The fourth-order valence-corrected chi connectivity index (χ4v) is 3.35. The van der Waals surface area contributed by atoms with Crippen molar-refractivity contribution in [2.45, 2.75) is 13.8 Å². The molecule has 1 heterocycles. The predicted molar refractivity (Wildman–Crippen MR) is 109 cm³/mol. The van der Waals surface area contributed by atoms with Crippen LogP contribution in [0.5, 0.6) is 5.75 Å². The van der Waals surface area contributed by atoms with Gasteiger partial charge < -0.3 is 20.2 Å². The first kappa shape index (κ1) is 19.7. The molecule has 1 fully saturated rings. The number of hydrogen-bond acceptors (Lipinski definition) is 4. The lowest BCUT2D eigenvalue weighted by atomic mass is 10.1. The Kier molecular flexibility index (Phi) is 6.16. The molecular weight excluding hydrogens is 356 g/mol. The number of benzene rings is 2. The standard InChI is InChI=1S/C21H26N4O3/c1-15-7-8-17(13-16(15)2)22-21(28)23-20(27)14-24-9-11-25(12-10-24)18-5-3-4-6-19(18)26/h3-8,13,26H,9-12,14H2,1-2H3,(H2,22,23,27,28)/p+1. The van der Waals surface area contributed by atoms with E-state index in [1.165, 1.54) is 0 Å². The fourth-order valence-electron chi connectivity index (χ4n) is 3.35. The normalized spacial score (nSPS) is 14.6. The van der Waals surface area contributed by atoms with Crippen LogP contribution >= 0.6 is 0 Å². The van der Waals surface area contributed by atoms with Gasteiger partial charge in [0.1, 0.15) is 5.75 Å². The number of anilines is 2. The second kappa shape index (κ2) is 8.75. The zero-order valence-corrected chi connectivity index (χ0v) is 16.3. The number of rotatable bonds is 4. The fraction of sp³-hybridized carbons (Fsp3) is 0.333. The molecular formula is C21H27N4O3+. The van der Waals surface area contributed by atoms with E-state index in [1.807, 2.05) is 44.2 Å². The minimum atomic E-state index is -0.513. The van der Waals surface area contributed by atoms with Crippen LogP contribution in [0.1, 0.15) is 11.1 Å². The number of quaternary nitrogens is 1. The van der Waals surface area contributed by atoms with Crippen LogP contribution in [-0.4, -0.2) is 49.8 Å². The Hall–Kier alpha value is -3.06. The first-order valence-electron chi connectivity index (χ1n) is 9.47. The third kappa shape index (κ3) is 5.01. The lowest BCUT2D eigenvalue weighted by Gasteiger charge is -2.33. The molecule has 2 aromatic carbocycles. The Labute approximate surface area is 165 Å². The number of nitrogens with one attached hydrogen (secondary N) is 3. The van der Waals surface area contributed by atoms with Crippen molar-refractivity contribution in [3.8, 4) is 5.75 Å². The summed E-state index contributed by atoms with van der Waals surface area (Å²) in [5, 5.41) is 15.1. The lowest BCUT2D eigenvalue weighted by Crippen LogP contribution is -3.16. The van der Waals surface area contributed by atoms with Crippen molar-refractivity contribution in [3.63, 3.8) is 0 Å². The Morgan fingerprint density at radius 2 is 1.79 bits per heavy atom. The van der Waals surface area contributed by atoms with Gasteiger partial charge in [0, 0.05) is 5.69 Å². The molecule has 4 N–H and O–H groups in total. The number of aryl methyl sites for hydroxylation is 2. The van der Waals surface area contributed by atoms with E-state index in [4.69, 9.17) is 0 Å². The van der Waals surface area contributed by atoms with Gasteiger partial charge in [0.15, 0.2) is 6.54 Å². The van der Waals surface area contributed by atoms with Gasteiger partial charge >= 0.3 is 6.03 Å². The SMILES string of the molecule is Cc1ccc(NC(=O)NC(=O)C[NH+]2CCN(c3ccccc3O)CC2)cc1C. The van der Waals surface area contributed by atoms with E-state index < -0.39 is 6.03 Å². The van der Waals surface area contributed by atoms with E-state index in [-0.39, 0.29) is 18.2 Å². The molecule has 0 unspecified atom stereocenters. The van der Waals surface area contributed by atoms with Crippen molar-refractivity contribution >= 4 is 23.3 Å². The van der Waals surface area contributed by atoms with E-state index in [2.05, 4.69) is 15.5 Å². The van der Waals surface area contributed by atoms with E-state index in [9.17, 15) is 14.7 Å². The first-order valence-corrected chi connectivity index (χ1v) is 9.47. The molecule has 148 valence electrons. The molecule has 0 radical (unpaired) electrons. The second-order valence-electron chi connectivity index (χ2n) is 7.20. The third-order valence-electron chi connectivity index (χ3n) is 5.12. The summed E-state index contributed by atoms with van der Waals surface area (Å²) in [6.45, 7) is 7.24. The van der Waals surface area contributed by atoms with Gasteiger partial charge in [0.2, 0.25) is 0 Å². The smallest absolute Gasteiger partial charge is 0.326 e. The van der Waals surface area contributed by atoms with Gasteiger partial charge in [-0.15, -0.1) is 0 Å². The van der Waals surface area contributed by atoms with Crippen LogP contribution in [0.3, 0.4) is 0 Å². The largest absolute Gasteiger partial charge is 0.506 e. The summed E-state index contributed by atoms with van der Waals surface area (Å²) in [6.07, 6.45) is 0. The Balaban J connectivity index is 1.44. The Morgan fingerprint density at radius 1 is 1.07 bits per heavy atom. The van der Waals surface area contributed by atoms with Gasteiger partial charge in [0.25, 0.3) is 5.91 Å². The molecule has 28 heavy (non-hydrogen) atoms. The number of hydrogen-bond donors (Lipinski definition) is 4. The maximum Gasteiger partial charge on any atom is 0.326 e. The molecule has 0 atom stereocenters. The second-order valence-corrected chi connectivity index (χ2v) is 7.20. The maximum absolute atomic E-state index is 12.2. The highest BCUT2D eigenvalue weighted by Gasteiger charge is 2.24. The molecule has 2 aromatic rings. The number of imide groups is 1. The van der Waals surface area contributed by atoms with E-state index in [1.54, 1.807) is 12.1 Å². The van der Waals surface area contributed by atoms with Crippen molar-refractivity contribution in [3.05, 3.63) is 53.6 Å². The Bertz CT molecular complexity index is 860. The molecule has 0 spiro atoms. The topological polar surface area (TPSA) is 86.1 Å². The highest BCUT2D eigenvalue weighted by molar-refractivity contribution is 6.01. The molecule has 3 amide bonds. The number of piperazine rings is 1. The van der Waals surface area contributed by atoms with Gasteiger partial charge in [-0.05, 0) is 49.2 Å². The van der Waals surface area contributed by atoms with Gasteiger partial charge in [-0.1, -0.05) is 18.2 Å². The van der Waals surface area contributed by atoms with Crippen molar-refractivity contribution in [2.24, 2.45) is 0 Å². The molecule has 0 aromatic heterocycles. The van der Waals surface area contributed by atoms with Gasteiger partial charge in [-0.25, -0.2) is 4.79 Å². The zero-order valence-electron chi connectivity index (χ0n) is 16.3. The molecule has 7 heteroatoms. The maximum atomic E-state index is 12.2. The molecule has 1 aliphatic heterocycles. The number of nitrogens with zero attached hydrogens (tertiary/aromatic N) is 1. The van der Waals surface area contributed by atoms with Crippen LogP contribution in [0.15, 0.2) is 42.5 Å². The number of phenolic OH excluding ortho intramolecular Hbond substituents is 1. The van der Waals surface area contributed by atoms with Crippen LogP contribution in [0, 0.1) is 13.8 Å². The molecule has 0 aliphatic carbocycles. The van der Waals surface area contributed by atoms with Crippen molar-refractivity contribution < 1.29 is 19.6 Å². The minimum Gasteiger partial charge on any atom is -0.506 e. The van der Waals surface area contributed by atoms with E-state index >= 15 is 0 Å². The minimum absolute atomic E-state index is 0.245. The number of urea groups is 1. The highest BCUT2D eigenvalue weighted by atomic mass is 16.3. The summed E-state index contributed by atoms with van der Waals surface area (Å²) >= 11 is 0. The number of carbonyl (C=O) groups is 2. The molecule has 7 nitrogen and oxygen atoms in total. The summed E-state index contributed by atoms with van der Waals surface area (Å²) in [5.74, 6) is -0.0287. The molecule has 3 rings (SSSR count). The van der Waals surface area contributed by atoms with E-state index in [0.29, 0.717) is 5.69 Å². The Morgan fingerprint density at radius 3 is 2.46 bits per heavy atom. The number of carbonyl (C=O) groups excluding carboxylic acids is 2. The third-order valence-corrected chi connectivity index (χ3v) is 5.12. The van der Waals surface area contributed by atoms with Crippen LogP contribution in [0.25, 0.3) is 0 Å². The number of phenols is 1. The van der Waals surface area contributed by atoms with Crippen LogP contribution in [0.2, 0.25) is 0 Å². The number of aromatic hydroxyl groups is 1. The van der Waals surface area contributed by atoms with E-state index in [0.717, 1.165) is 47.9 Å². The summed E-state index contributed by atoms with van der Waals surface area (Å²) in [4.78, 5) is 27.5. The quantitative estimate of drug-likeness (QED) is 0.636. The van der Waals surface area contributed by atoms with Crippen LogP contribution in [-0.2, 0) is 4.79 Å². The zero-order chi connectivity index (χ0) is 20.1.